The Morgan fingerprint density at radius 3 is 2.38 bits per heavy atom. The minimum Gasteiger partial charge on any atom is -0.504 e. The van der Waals surface area contributed by atoms with Crippen LogP contribution in [0.25, 0.3) is 0 Å². The van der Waals surface area contributed by atoms with Crippen molar-refractivity contribution < 1.29 is 46.6 Å². The number of carbonyl (C=O) groups is 4. The van der Waals surface area contributed by atoms with E-state index >= 15 is 0 Å². The Morgan fingerprint density at radius 2 is 1.73 bits per heavy atom. The molecule has 6 atom stereocenters. The van der Waals surface area contributed by atoms with Crippen molar-refractivity contribution in [2.75, 3.05) is 24.1 Å². The number of benzene rings is 2. The van der Waals surface area contributed by atoms with Gasteiger partial charge in [-0.15, -0.1) is 0 Å². The highest BCUT2D eigenvalue weighted by molar-refractivity contribution is 14.1. The summed E-state index contributed by atoms with van der Waals surface area (Å²) in [5.41, 5.74) is -1.61. The fraction of sp³-hybridized carbons (Fsp3) is 0.343. The topological polar surface area (TPSA) is 120 Å². The lowest BCUT2D eigenvalue weighted by Gasteiger charge is -2.49. The number of imide groups is 2. The largest absolute Gasteiger partial charge is 0.504 e. The Balaban J connectivity index is 1.35. The fourth-order valence-electron chi connectivity index (χ4n) is 8.37. The maximum absolute atomic E-state index is 14.6. The second-order valence-corrected chi connectivity index (χ2v) is 15.3. The van der Waals surface area contributed by atoms with Crippen LogP contribution in [0.15, 0.2) is 54.1 Å². The van der Waals surface area contributed by atoms with E-state index < -0.39 is 82.1 Å². The maximum Gasteiger partial charge on any atom is 0.433 e. The number of hydrogen-bond acceptors (Lipinski definition) is 8. The van der Waals surface area contributed by atoms with Crippen LogP contribution in [0.1, 0.15) is 36.9 Å². The van der Waals surface area contributed by atoms with Gasteiger partial charge in [-0.05, 0) is 96.3 Å². The Morgan fingerprint density at radius 1 is 1.02 bits per heavy atom. The minimum absolute atomic E-state index is 0.0398. The van der Waals surface area contributed by atoms with E-state index in [0.29, 0.717) is 20.8 Å². The molecule has 17 heteroatoms. The molecule has 4 aliphatic rings. The van der Waals surface area contributed by atoms with Crippen LogP contribution >= 0.6 is 45.8 Å². The zero-order chi connectivity index (χ0) is 37.8. The van der Waals surface area contributed by atoms with E-state index in [2.05, 4.69) is 4.98 Å². The quantitative estimate of drug-likeness (QED) is 0.124. The third kappa shape index (κ3) is 5.28. The molecule has 52 heavy (non-hydrogen) atoms. The van der Waals surface area contributed by atoms with E-state index in [0.717, 1.165) is 27.1 Å². The zero-order valence-electron chi connectivity index (χ0n) is 27.3. The number of halogens is 7. The second-order valence-electron chi connectivity index (χ2n) is 13.3. The summed E-state index contributed by atoms with van der Waals surface area (Å²) in [7, 11) is 2.57. The summed E-state index contributed by atoms with van der Waals surface area (Å²) in [6, 6.07) is 8.35. The number of anilines is 2. The molecule has 2 aliphatic heterocycles. The van der Waals surface area contributed by atoms with Crippen molar-refractivity contribution in [2.45, 2.75) is 31.9 Å². The molecule has 1 aromatic heterocycles. The summed E-state index contributed by atoms with van der Waals surface area (Å²) in [5, 5.41) is 11.8. The van der Waals surface area contributed by atoms with Crippen molar-refractivity contribution in [2.24, 2.45) is 29.1 Å². The molecule has 6 unspecified atom stereocenters. The van der Waals surface area contributed by atoms with E-state index in [1.54, 1.807) is 25.1 Å². The highest BCUT2D eigenvalue weighted by atomic mass is 127. The SMILES string of the molecule is COc1cc(C2C3=CCC4C(=O)N(N(C)c5nc(C(F)(F)F)ccc5Cl)C(=O)C4C3CC3C(=O)N(c4ccc(F)c(Cl)c4)C(=O)C32C)cc(I)c1O. The average Bonchev–Trinajstić information content (AvgIpc) is 3.46. The average molecular weight is 873 g/mol. The van der Waals surface area contributed by atoms with Crippen molar-refractivity contribution in [3.8, 4) is 11.5 Å². The third-order valence-corrected chi connectivity index (χ3v) is 12.1. The number of alkyl halides is 3. The number of fused-ring (bicyclic) bond motifs is 4. The number of aromatic nitrogens is 1. The summed E-state index contributed by atoms with van der Waals surface area (Å²) >= 11 is 14.2. The molecule has 7 rings (SSSR count). The van der Waals surface area contributed by atoms with E-state index in [4.69, 9.17) is 27.9 Å². The standard InChI is InChI=1S/C35H27Cl2F4IN4O6/c1-34-19(31(49)45(33(34)51)15-4-8-22(38)21(37)12-15)13-18-16(27(34)14-10-23(42)28(47)24(11-14)52-3)5-6-17-26(18)32(50)46(30(17)48)44(2)29-20(36)7-9-25(43-29)35(39,40)41/h4-5,7-12,17-19,26-27,47H,6,13H2,1-3H3. The predicted octanol–water partition coefficient (Wildman–Crippen LogP) is 7.15. The number of nitrogens with zero attached hydrogens (tertiary/aromatic N) is 4. The highest BCUT2D eigenvalue weighted by Gasteiger charge is 2.68. The number of aromatic hydroxyl groups is 1. The van der Waals surface area contributed by atoms with Gasteiger partial charge in [-0.3, -0.25) is 24.2 Å². The molecule has 0 radical (unpaired) electrons. The molecule has 2 aromatic carbocycles. The Kier molecular flexibility index (Phi) is 8.80. The first-order chi connectivity index (χ1) is 24.4. The number of carbonyl (C=O) groups excluding carboxylic acids is 4. The van der Waals surface area contributed by atoms with Crippen LogP contribution in [0.3, 0.4) is 0 Å². The molecule has 10 nitrogen and oxygen atoms in total. The van der Waals surface area contributed by atoms with Gasteiger partial charge < -0.3 is 9.84 Å². The summed E-state index contributed by atoms with van der Waals surface area (Å²) in [6.45, 7) is 1.64. The molecule has 272 valence electrons. The zero-order valence-corrected chi connectivity index (χ0v) is 31.0. The van der Waals surface area contributed by atoms with Gasteiger partial charge in [-0.1, -0.05) is 34.9 Å². The van der Waals surface area contributed by atoms with Gasteiger partial charge in [0, 0.05) is 13.0 Å². The number of pyridine rings is 1. The summed E-state index contributed by atoms with van der Waals surface area (Å²) in [4.78, 5) is 62.0. The molecule has 1 saturated carbocycles. The van der Waals surface area contributed by atoms with Gasteiger partial charge in [0.25, 0.3) is 11.8 Å². The molecule has 4 amide bonds. The number of amides is 4. The summed E-state index contributed by atoms with van der Waals surface area (Å²) < 4.78 is 60.7. The Hall–Kier alpha value is -3.96. The number of hydrazine groups is 1. The van der Waals surface area contributed by atoms with E-state index in [9.17, 15) is 41.8 Å². The van der Waals surface area contributed by atoms with Gasteiger partial charge in [-0.2, -0.15) is 18.2 Å². The van der Waals surface area contributed by atoms with Crippen LogP contribution in [-0.2, 0) is 25.4 Å². The first-order valence-corrected chi connectivity index (χ1v) is 17.7. The smallest absolute Gasteiger partial charge is 0.433 e. The number of allylic oxidation sites excluding steroid dienone is 2. The monoisotopic (exact) mass is 872 g/mol. The number of phenols is 1. The predicted molar refractivity (Wildman–Crippen MR) is 188 cm³/mol. The van der Waals surface area contributed by atoms with E-state index in [1.807, 2.05) is 22.6 Å². The van der Waals surface area contributed by atoms with Crippen molar-refractivity contribution in [1.29, 1.82) is 0 Å². The number of ether oxygens (including phenoxy) is 1. The number of methoxy groups -OCH3 is 1. The first kappa shape index (κ1) is 36.4. The summed E-state index contributed by atoms with van der Waals surface area (Å²) in [5.74, 6) is -8.64. The van der Waals surface area contributed by atoms with Crippen molar-refractivity contribution in [1.82, 2.24) is 9.99 Å². The number of rotatable bonds is 5. The number of hydrogen-bond donors (Lipinski definition) is 1. The van der Waals surface area contributed by atoms with Crippen LogP contribution in [0.4, 0.5) is 29.1 Å². The highest BCUT2D eigenvalue weighted by Crippen LogP contribution is 2.64. The van der Waals surface area contributed by atoms with Gasteiger partial charge in [0.1, 0.15) is 11.5 Å². The molecule has 2 saturated heterocycles. The van der Waals surface area contributed by atoms with Gasteiger partial charge in [-0.25, -0.2) is 14.3 Å². The van der Waals surface area contributed by atoms with Gasteiger partial charge in [0.2, 0.25) is 11.8 Å². The molecular weight excluding hydrogens is 846 g/mol. The third-order valence-electron chi connectivity index (χ3n) is 10.7. The van der Waals surface area contributed by atoms with Crippen molar-refractivity contribution in [3.05, 3.63) is 84.8 Å². The molecule has 2 aliphatic carbocycles. The molecule has 3 aromatic rings. The lowest BCUT2D eigenvalue weighted by molar-refractivity contribution is -0.141. The first-order valence-electron chi connectivity index (χ1n) is 15.9. The Bertz CT molecular complexity index is 2130. The van der Waals surface area contributed by atoms with Crippen LogP contribution in [0.2, 0.25) is 10.0 Å². The summed E-state index contributed by atoms with van der Waals surface area (Å²) in [6.07, 6.45) is -3.05. The normalized spacial score (nSPS) is 27.0. The van der Waals surface area contributed by atoms with E-state index in [-0.39, 0.29) is 40.1 Å². The van der Waals surface area contributed by atoms with Crippen LogP contribution in [-0.4, -0.2) is 52.9 Å². The lowest BCUT2D eigenvalue weighted by atomic mass is 9.51. The van der Waals surface area contributed by atoms with Crippen molar-refractivity contribution >= 4 is 80.9 Å². The van der Waals surface area contributed by atoms with E-state index in [1.165, 1.54) is 26.3 Å². The minimum atomic E-state index is -4.83. The van der Waals surface area contributed by atoms with Gasteiger partial charge in [0.05, 0.1) is 49.6 Å². The molecule has 0 spiro atoms. The maximum atomic E-state index is 14.6. The van der Waals surface area contributed by atoms with Gasteiger partial charge >= 0.3 is 6.18 Å². The molecule has 1 N–H and O–H groups in total. The molecule has 0 bridgehead atoms. The number of phenolic OH excluding ortho intramolecular Hbond substituents is 1. The fourth-order valence-corrected chi connectivity index (χ4v) is 9.40. The van der Waals surface area contributed by atoms with Crippen LogP contribution < -0.4 is 14.6 Å². The van der Waals surface area contributed by atoms with Crippen LogP contribution in [0.5, 0.6) is 11.5 Å². The Labute approximate surface area is 317 Å². The van der Waals surface area contributed by atoms with Crippen molar-refractivity contribution in [3.63, 3.8) is 0 Å². The van der Waals surface area contributed by atoms with Crippen LogP contribution in [0, 0.1) is 38.5 Å². The van der Waals surface area contributed by atoms with Gasteiger partial charge in [0.15, 0.2) is 17.3 Å². The molecule has 3 fully saturated rings. The lowest BCUT2D eigenvalue weighted by Crippen LogP contribution is -2.49. The second kappa shape index (κ2) is 12.6. The molecule has 3 heterocycles. The molecular formula is C35H27Cl2F4IN4O6.